The standard InChI is InChI=1S/C17H19N3O3/c1-12-18-7-9-19(12)8-6-16(21)20-11-14-5-3-2-4-13(14)10-15(20)17(22)23/h2-5,7,9,15H,6,8,10-11H2,1H3,(H,22,23). The molecule has 0 fully saturated rings. The summed E-state index contributed by atoms with van der Waals surface area (Å²) < 4.78 is 1.89. The largest absolute Gasteiger partial charge is 0.480 e. The number of carbonyl (C=O) groups excluding carboxylic acids is 1. The number of aryl methyl sites for hydroxylation is 2. The molecule has 120 valence electrons. The molecular formula is C17H19N3O3. The molecule has 0 saturated carbocycles. The number of imidazole rings is 1. The summed E-state index contributed by atoms with van der Waals surface area (Å²) in [5.74, 6) is -0.247. The number of amides is 1. The number of hydrogen-bond acceptors (Lipinski definition) is 3. The second kappa shape index (κ2) is 6.24. The van der Waals surface area contributed by atoms with Gasteiger partial charge in [0.15, 0.2) is 0 Å². The Morgan fingerprint density at radius 3 is 2.70 bits per heavy atom. The van der Waals surface area contributed by atoms with Crippen molar-refractivity contribution in [1.82, 2.24) is 14.5 Å². The minimum atomic E-state index is -0.952. The van der Waals surface area contributed by atoms with E-state index in [4.69, 9.17) is 0 Å². The first-order valence-corrected chi connectivity index (χ1v) is 7.63. The average Bonchev–Trinajstić information content (AvgIpc) is 2.96. The van der Waals surface area contributed by atoms with Gasteiger partial charge in [-0.05, 0) is 18.1 Å². The molecule has 1 N–H and O–H groups in total. The predicted molar refractivity (Wildman–Crippen MR) is 83.7 cm³/mol. The van der Waals surface area contributed by atoms with Crippen molar-refractivity contribution in [2.24, 2.45) is 0 Å². The normalized spacial score (nSPS) is 16.9. The highest BCUT2D eigenvalue weighted by atomic mass is 16.4. The first-order valence-electron chi connectivity index (χ1n) is 7.63. The van der Waals surface area contributed by atoms with Crippen LogP contribution in [0.5, 0.6) is 0 Å². The Kier molecular flexibility index (Phi) is 4.14. The maximum absolute atomic E-state index is 12.6. The number of carboxylic acids is 1. The lowest BCUT2D eigenvalue weighted by Gasteiger charge is -2.34. The van der Waals surface area contributed by atoms with E-state index in [1.807, 2.05) is 42.0 Å². The van der Waals surface area contributed by atoms with E-state index < -0.39 is 12.0 Å². The first kappa shape index (κ1) is 15.3. The van der Waals surface area contributed by atoms with Crippen LogP contribution < -0.4 is 0 Å². The molecule has 23 heavy (non-hydrogen) atoms. The maximum atomic E-state index is 12.6. The summed E-state index contributed by atoms with van der Waals surface area (Å²) in [5, 5.41) is 9.47. The Morgan fingerprint density at radius 2 is 2.04 bits per heavy atom. The third-order valence-electron chi connectivity index (χ3n) is 4.34. The van der Waals surface area contributed by atoms with Crippen LogP contribution in [0.2, 0.25) is 0 Å². The van der Waals surface area contributed by atoms with Gasteiger partial charge < -0.3 is 14.6 Å². The second-order valence-corrected chi connectivity index (χ2v) is 5.77. The van der Waals surface area contributed by atoms with E-state index in [2.05, 4.69) is 4.98 Å². The number of hydrogen-bond donors (Lipinski definition) is 1. The Labute approximate surface area is 134 Å². The molecule has 0 spiro atoms. The summed E-state index contributed by atoms with van der Waals surface area (Å²) in [5.41, 5.74) is 2.03. The van der Waals surface area contributed by atoms with Gasteiger partial charge in [-0.2, -0.15) is 0 Å². The lowest BCUT2D eigenvalue weighted by Crippen LogP contribution is -2.48. The third kappa shape index (κ3) is 3.11. The molecule has 1 aromatic carbocycles. The highest BCUT2D eigenvalue weighted by molar-refractivity contribution is 5.84. The summed E-state index contributed by atoms with van der Waals surface area (Å²) in [7, 11) is 0. The molecule has 0 bridgehead atoms. The monoisotopic (exact) mass is 313 g/mol. The van der Waals surface area contributed by atoms with Gasteiger partial charge >= 0.3 is 5.97 Å². The predicted octanol–water partition coefficient (Wildman–Crippen LogP) is 1.62. The fourth-order valence-electron chi connectivity index (χ4n) is 3.01. The van der Waals surface area contributed by atoms with Crippen molar-refractivity contribution in [3.63, 3.8) is 0 Å². The van der Waals surface area contributed by atoms with Crippen molar-refractivity contribution in [3.05, 3.63) is 53.6 Å². The number of fused-ring (bicyclic) bond motifs is 1. The molecule has 0 radical (unpaired) electrons. The quantitative estimate of drug-likeness (QED) is 0.930. The number of carbonyl (C=O) groups is 2. The van der Waals surface area contributed by atoms with E-state index in [0.29, 0.717) is 19.5 Å². The van der Waals surface area contributed by atoms with E-state index in [9.17, 15) is 14.7 Å². The van der Waals surface area contributed by atoms with Gasteiger partial charge in [-0.3, -0.25) is 4.79 Å². The van der Waals surface area contributed by atoms with Crippen molar-refractivity contribution < 1.29 is 14.7 Å². The van der Waals surface area contributed by atoms with Crippen LogP contribution in [0.15, 0.2) is 36.7 Å². The smallest absolute Gasteiger partial charge is 0.326 e. The molecule has 1 aliphatic heterocycles. The van der Waals surface area contributed by atoms with Gasteiger partial charge in [0.1, 0.15) is 11.9 Å². The van der Waals surface area contributed by atoms with Crippen LogP contribution in [-0.4, -0.2) is 37.5 Å². The van der Waals surface area contributed by atoms with Crippen molar-refractivity contribution in [3.8, 4) is 0 Å². The average molecular weight is 313 g/mol. The van der Waals surface area contributed by atoms with Gasteiger partial charge in [-0.15, -0.1) is 0 Å². The number of benzene rings is 1. The zero-order valence-corrected chi connectivity index (χ0v) is 13.0. The van der Waals surface area contributed by atoms with Crippen molar-refractivity contribution in [2.45, 2.75) is 38.9 Å². The molecule has 2 aromatic rings. The SMILES string of the molecule is Cc1nccn1CCC(=O)N1Cc2ccccc2CC1C(=O)O. The molecule has 6 nitrogen and oxygen atoms in total. The van der Waals surface area contributed by atoms with E-state index in [1.54, 1.807) is 6.20 Å². The summed E-state index contributed by atoms with van der Waals surface area (Å²) in [6.45, 7) is 2.74. The zero-order valence-electron chi connectivity index (χ0n) is 13.0. The lowest BCUT2D eigenvalue weighted by molar-refractivity contribution is -0.151. The minimum Gasteiger partial charge on any atom is -0.480 e. The number of rotatable bonds is 4. The first-order chi connectivity index (χ1) is 11.1. The third-order valence-corrected chi connectivity index (χ3v) is 4.34. The molecule has 2 heterocycles. The van der Waals surface area contributed by atoms with E-state index in [-0.39, 0.29) is 12.3 Å². The highest BCUT2D eigenvalue weighted by Gasteiger charge is 2.34. The number of aliphatic carboxylic acids is 1. The van der Waals surface area contributed by atoms with Gasteiger partial charge in [-0.1, -0.05) is 24.3 Å². The number of aromatic nitrogens is 2. The maximum Gasteiger partial charge on any atom is 0.326 e. The summed E-state index contributed by atoms with van der Waals surface area (Å²) >= 11 is 0. The Balaban J connectivity index is 1.75. The molecule has 1 aromatic heterocycles. The van der Waals surface area contributed by atoms with E-state index in [0.717, 1.165) is 17.0 Å². The van der Waals surface area contributed by atoms with Gasteiger partial charge in [0.25, 0.3) is 0 Å². The van der Waals surface area contributed by atoms with Crippen molar-refractivity contribution >= 4 is 11.9 Å². The summed E-state index contributed by atoms with van der Waals surface area (Å²) in [6, 6.07) is 6.91. The molecule has 1 aliphatic rings. The second-order valence-electron chi connectivity index (χ2n) is 5.77. The summed E-state index contributed by atoms with van der Waals surface area (Å²) in [6.07, 6.45) is 4.14. The van der Waals surface area contributed by atoms with Crippen molar-refractivity contribution in [1.29, 1.82) is 0 Å². The number of nitrogens with zero attached hydrogens (tertiary/aromatic N) is 3. The fraction of sp³-hybridized carbons (Fsp3) is 0.353. The van der Waals surface area contributed by atoms with Crippen LogP contribution in [0, 0.1) is 6.92 Å². The molecule has 0 aliphatic carbocycles. The van der Waals surface area contributed by atoms with Crippen LogP contribution in [0.4, 0.5) is 0 Å². The van der Waals surface area contributed by atoms with Gasteiger partial charge in [0.05, 0.1) is 0 Å². The topological polar surface area (TPSA) is 75.4 Å². The molecule has 0 saturated heterocycles. The molecule has 1 amide bonds. The van der Waals surface area contributed by atoms with Gasteiger partial charge in [-0.25, -0.2) is 9.78 Å². The minimum absolute atomic E-state index is 0.139. The Morgan fingerprint density at radius 1 is 1.30 bits per heavy atom. The molecule has 1 atom stereocenters. The van der Waals surface area contributed by atoms with E-state index >= 15 is 0 Å². The van der Waals surface area contributed by atoms with Crippen LogP contribution in [0.25, 0.3) is 0 Å². The Bertz CT molecular complexity index is 738. The molecule has 3 rings (SSSR count). The van der Waals surface area contributed by atoms with Crippen LogP contribution >= 0.6 is 0 Å². The Hall–Kier alpha value is -2.63. The van der Waals surface area contributed by atoms with Gasteiger partial charge in [0.2, 0.25) is 5.91 Å². The lowest BCUT2D eigenvalue weighted by atomic mass is 9.93. The summed E-state index contributed by atoms with van der Waals surface area (Å²) in [4.78, 5) is 29.7. The molecule has 1 unspecified atom stereocenters. The van der Waals surface area contributed by atoms with Crippen LogP contribution in [0.1, 0.15) is 23.4 Å². The fourth-order valence-corrected chi connectivity index (χ4v) is 3.01. The van der Waals surface area contributed by atoms with Crippen LogP contribution in [0.3, 0.4) is 0 Å². The van der Waals surface area contributed by atoms with Crippen LogP contribution in [-0.2, 0) is 29.1 Å². The van der Waals surface area contributed by atoms with Gasteiger partial charge in [0, 0.05) is 38.3 Å². The zero-order chi connectivity index (χ0) is 16.4. The van der Waals surface area contributed by atoms with Crippen molar-refractivity contribution in [2.75, 3.05) is 0 Å². The molecular weight excluding hydrogens is 294 g/mol. The molecule has 6 heteroatoms. The highest BCUT2D eigenvalue weighted by Crippen LogP contribution is 2.24. The number of carboxylic acid groups (broad SMARTS) is 1. The van der Waals surface area contributed by atoms with E-state index in [1.165, 1.54) is 4.90 Å².